The number of thiazole rings is 1. The zero-order chi connectivity index (χ0) is 11.2. The summed E-state index contributed by atoms with van der Waals surface area (Å²) in [7, 11) is 0. The van der Waals surface area contributed by atoms with E-state index in [0.717, 1.165) is 39.0 Å². The molecule has 1 aromatic rings. The molecule has 0 amide bonds. The predicted octanol–water partition coefficient (Wildman–Crippen LogP) is 2.02. The zero-order valence-electron chi connectivity index (χ0n) is 9.87. The first-order valence-corrected chi connectivity index (χ1v) is 7.01. The molecule has 1 N–H and O–H groups in total. The second kappa shape index (κ2) is 6.33. The molecule has 0 aromatic carbocycles. The van der Waals surface area contributed by atoms with Crippen molar-refractivity contribution < 1.29 is 4.74 Å². The van der Waals surface area contributed by atoms with Crippen LogP contribution in [-0.2, 0) is 17.6 Å². The maximum absolute atomic E-state index is 5.43. The van der Waals surface area contributed by atoms with E-state index in [9.17, 15) is 0 Å². The van der Waals surface area contributed by atoms with Gasteiger partial charge in [0.25, 0.3) is 0 Å². The van der Waals surface area contributed by atoms with Crippen LogP contribution < -0.4 is 5.32 Å². The number of ether oxygens (including phenoxy) is 1. The van der Waals surface area contributed by atoms with Crippen LogP contribution in [0.3, 0.4) is 0 Å². The van der Waals surface area contributed by atoms with Crippen LogP contribution in [-0.4, -0.2) is 30.8 Å². The van der Waals surface area contributed by atoms with E-state index in [-0.39, 0.29) is 0 Å². The fraction of sp³-hybridized carbons (Fsp3) is 0.750. The highest BCUT2D eigenvalue weighted by molar-refractivity contribution is 7.09. The molecule has 1 unspecified atom stereocenters. The number of nitrogens with zero attached hydrogens (tertiary/aromatic N) is 1. The molecule has 1 atom stereocenters. The Hall–Kier alpha value is -0.450. The van der Waals surface area contributed by atoms with E-state index in [0.29, 0.717) is 6.04 Å². The zero-order valence-corrected chi connectivity index (χ0v) is 10.7. The van der Waals surface area contributed by atoms with E-state index < -0.39 is 0 Å². The fourth-order valence-corrected chi connectivity index (χ4v) is 2.79. The van der Waals surface area contributed by atoms with Crippen molar-refractivity contribution in [1.82, 2.24) is 10.3 Å². The van der Waals surface area contributed by atoms with E-state index in [2.05, 4.69) is 22.6 Å². The van der Waals surface area contributed by atoms with E-state index >= 15 is 0 Å². The van der Waals surface area contributed by atoms with Crippen molar-refractivity contribution >= 4 is 11.3 Å². The molecule has 1 fully saturated rings. The Morgan fingerprint density at radius 3 is 3.25 bits per heavy atom. The van der Waals surface area contributed by atoms with E-state index in [1.807, 2.05) is 0 Å². The number of hydrogen-bond donors (Lipinski definition) is 1. The summed E-state index contributed by atoms with van der Waals surface area (Å²) >= 11 is 1.80. The summed E-state index contributed by atoms with van der Waals surface area (Å²) in [6, 6.07) is 0.521. The molecule has 0 bridgehead atoms. The summed E-state index contributed by atoms with van der Waals surface area (Å²) in [6.45, 7) is 4.90. The highest BCUT2D eigenvalue weighted by Gasteiger charge is 2.13. The molecule has 90 valence electrons. The average Bonchev–Trinajstić information content (AvgIpc) is 2.76. The molecular weight excluding hydrogens is 220 g/mol. The van der Waals surface area contributed by atoms with Crippen LogP contribution in [0, 0.1) is 0 Å². The van der Waals surface area contributed by atoms with Crippen molar-refractivity contribution in [3.8, 4) is 0 Å². The maximum atomic E-state index is 5.43. The minimum Gasteiger partial charge on any atom is -0.379 e. The molecule has 1 aliphatic rings. The lowest BCUT2D eigenvalue weighted by Gasteiger charge is -2.23. The molecule has 0 spiro atoms. The summed E-state index contributed by atoms with van der Waals surface area (Å²) in [5.74, 6) is 0. The van der Waals surface area contributed by atoms with Gasteiger partial charge < -0.3 is 10.1 Å². The van der Waals surface area contributed by atoms with Gasteiger partial charge >= 0.3 is 0 Å². The molecule has 4 heteroatoms. The van der Waals surface area contributed by atoms with Gasteiger partial charge in [-0.05, 0) is 12.8 Å². The number of rotatable bonds is 5. The normalized spacial score (nSPS) is 21.2. The van der Waals surface area contributed by atoms with Crippen molar-refractivity contribution in [2.45, 2.75) is 38.6 Å². The number of aryl methyl sites for hydroxylation is 2. The van der Waals surface area contributed by atoms with Crippen LogP contribution >= 0.6 is 11.3 Å². The third-order valence-electron chi connectivity index (χ3n) is 2.81. The summed E-state index contributed by atoms with van der Waals surface area (Å²) in [5, 5.41) is 6.95. The van der Waals surface area contributed by atoms with Crippen molar-refractivity contribution in [3.05, 3.63) is 16.1 Å². The molecule has 1 aliphatic heterocycles. The lowest BCUT2D eigenvalue weighted by Crippen LogP contribution is -2.41. The quantitative estimate of drug-likeness (QED) is 0.855. The van der Waals surface area contributed by atoms with Crippen molar-refractivity contribution in [2.75, 3.05) is 19.8 Å². The van der Waals surface area contributed by atoms with Crippen molar-refractivity contribution in [1.29, 1.82) is 0 Å². The number of aromatic nitrogens is 1. The molecule has 1 saturated heterocycles. The van der Waals surface area contributed by atoms with Gasteiger partial charge in [-0.15, -0.1) is 11.3 Å². The van der Waals surface area contributed by atoms with Crippen LogP contribution in [0.1, 0.15) is 30.5 Å². The molecule has 2 heterocycles. The third kappa shape index (κ3) is 3.54. The van der Waals surface area contributed by atoms with Gasteiger partial charge in [0.2, 0.25) is 0 Å². The summed E-state index contributed by atoms with van der Waals surface area (Å²) in [6.07, 6.45) is 4.51. The molecule has 2 rings (SSSR count). The topological polar surface area (TPSA) is 34.1 Å². The Bertz CT molecular complexity index is 308. The molecule has 0 aliphatic carbocycles. The molecular formula is C12H20N2OS. The van der Waals surface area contributed by atoms with Gasteiger partial charge in [-0.25, -0.2) is 4.98 Å². The standard InChI is InChI=1S/C12H20N2OS/c1-2-3-11-9-16-12(14-11)5-4-10-8-15-7-6-13-10/h9-10,13H,2-8H2,1H3. The maximum Gasteiger partial charge on any atom is 0.0928 e. The molecule has 0 saturated carbocycles. The van der Waals surface area contributed by atoms with Gasteiger partial charge in [0.15, 0.2) is 0 Å². The fourth-order valence-electron chi connectivity index (χ4n) is 1.94. The van der Waals surface area contributed by atoms with Crippen LogP contribution in [0.2, 0.25) is 0 Å². The predicted molar refractivity (Wildman–Crippen MR) is 67.0 cm³/mol. The Labute approximate surface area is 101 Å². The largest absolute Gasteiger partial charge is 0.379 e. The molecule has 16 heavy (non-hydrogen) atoms. The SMILES string of the molecule is CCCc1csc(CCC2COCCN2)n1. The van der Waals surface area contributed by atoms with Crippen LogP contribution in [0.15, 0.2) is 5.38 Å². The van der Waals surface area contributed by atoms with E-state index in [1.165, 1.54) is 17.1 Å². The second-order valence-electron chi connectivity index (χ2n) is 4.25. The number of morpholine rings is 1. The highest BCUT2D eigenvalue weighted by atomic mass is 32.1. The minimum atomic E-state index is 0.521. The first-order chi connectivity index (χ1) is 7.88. The van der Waals surface area contributed by atoms with Crippen LogP contribution in [0.5, 0.6) is 0 Å². The lowest BCUT2D eigenvalue weighted by molar-refractivity contribution is 0.0743. The summed E-state index contributed by atoms with van der Waals surface area (Å²) in [4.78, 5) is 4.63. The summed E-state index contributed by atoms with van der Waals surface area (Å²) in [5.41, 5.74) is 1.26. The van der Waals surface area contributed by atoms with Gasteiger partial charge in [0.1, 0.15) is 0 Å². The second-order valence-corrected chi connectivity index (χ2v) is 5.19. The number of hydrogen-bond acceptors (Lipinski definition) is 4. The lowest BCUT2D eigenvalue weighted by atomic mass is 10.1. The van der Waals surface area contributed by atoms with Gasteiger partial charge in [0, 0.05) is 24.4 Å². The van der Waals surface area contributed by atoms with E-state index in [4.69, 9.17) is 4.74 Å². The monoisotopic (exact) mass is 240 g/mol. The van der Waals surface area contributed by atoms with E-state index in [1.54, 1.807) is 11.3 Å². The molecule has 1 aromatic heterocycles. The Morgan fingerprint density at radius 1 is 1.56 bits per heavy atom. The molecule has 0 radical (unpaired) electrons. The summed E-state index contributed by atoms with van der Waals surface area (Å²) < 4.78 is 5.43. The minimum absolute atomic E-state index is 0.521. The van der Waals surface area contributed by atoms with Crippen molar-refractivity contribution in [3.63, 3.8) is 0 Å². The van der Waals surface area contributed by atoms with Crippen LogP contribution in [0.25, 0.3) is 0 Å². The molecule has 3 nitrogen and oxygen atoms in total. The van der Waals surface area contributed by atoms with Gasteiger partial charge in [-0.1, -0.05) is 13.3 Å². The smallest absolute Gasteiger partial charge is 0.0928 e. The Kier molecular flexibility index (Phi) is 4.75. The third-order valence-corrected chi connectivity index (χ3v) is 3.77. The highest BCUT2D eigenvalue weighted by Crippen LogP contribution is 2.14. The first-order valence-electron chi connectivity index (χ1n) is 6.13. The number of nitrogens with one attached hydrogen (secondary N) is 1. The average molecular weight is 240 g/mol. The van der Waals surface area contributed by atoms with Crippen molar-refractivity contribution in [2.24, 2.45) is 0 Å². The Morgan fingerprint density at radius 2 is 2.50 bits per heavy atom. The van der Waals surface area contributed by atoms with Crippen LogP contribution in [0.4, 0.5) is 0 Å². The van der Waals surface area contributed by atoms with Gasteiger partial charge in [-0.2, -0.15) is 0 Å². The van der Waals surface area contributed by atoms with Gasteiger partial charge in [0.05, 0.1) is 23.9 Å². The Balaban J connectivity index is 1.75. The van der Waals surface area contributed by atoms with Gasteiger partial charge in [-0.3, -0.25) is 0 Å². The first kappa shape index (κ1) is 12.0.